The standard InChI is InChI=1S/C15H14O4/c1-2-10-15(13(16)17,14(18)19)11-6-9-12-7-4-3-5-8-12/h1,3-9H,10-11H2,(H,16,17)(H,18,19)/b9-6+. The van der Waals surface area contributed by atoms with Gasteiger partial charge in [0.25, 0.3) is 0 Å². The molecule has 0 aliphatic carbocycles. The third-order valence-corrected chi connectivity index (χ3v) is 2.80. The van der Waals surface area contributed by atoms with Crippen LogP contribution in [0.5, 0.6) is 0 Å². The van der Waals surface area contributed by atoms with Crippen molar-refractivity contribution in [3.05, 3.63) is 42.0 Å². The summed E-state index contributed by atoms with van der Waals surface area (Å²) < 4.78 is 0. The smallest absolute Gasteiger partial charge is 0.322 e. The molecule has 0 aliphatic rings. The molecule has 0 unspecified atom stereocenters. The lowest BCUT2D eigenvalue weighted by Gasteiger charge is -2.20. The predicted octanol–water partition coefficient (Wildman–Crippen LogP) is 2.27. The Balaban J connectivity index is 2.91. The van der Waals surface area contributed by atoms with E-state index in [1.165, 1.54) is 6.08 Å². The Kier molecular flexibility index (Phi) is 4.90. The first-order valence-corrected chi connectivity index (χ1v) is 5.65. The fourth-order valence-corrected chi connectivity index (χ4v) is 1.62. The van der Waals surface area contributed by atoms with Crippen LogP contribution in [0, 0.1) is 17.8 Å². The van der Waals surface area contributed by atoms with E-state index in [9.17, 15) is 9.59 Å². The minimum Gasteiger partial charge on any atom is -0.480 e. The molecule has 2 N–H and O–H groups in total. The number of rotatable bonds is 6. The first kappa shape index (κ1) is 14.5. The van der Waals surface area contributed by atoms with E-state index in [2.05, 4.69) is 5.92 Å². The average Bonchev–Trinajstić information content (AvgIpc) is 2.38. The van der Waals surface area contributed by atoms with Crippen LogP contribution >= 0.6 is 0 Å². The quantitative estimate of drug-likeness (QED) is 0.606. The second-order valence-electron chi connectivity index (χ2n) is 4.09. The van der Waals surface area contributed by atoms with Crippen LogP contribution in [0.1, 0.15) is 18.4 Å². The normalized spacial score (nSPS) is 11.1. The van der Waals surface area contributed by atoms with Crippen LogP contribution in [0.2, 0.25) is 0 Å². The van der Waals surface area contributed by atoms with Crippen LogP contribution in [0.4, 0.5) is 0 Å². The monoisotopic (exact) mass is 258 g/mol. The summed E-state index contributed by atoms with van der Waals surface area (Å²) in [7, 11) is 0. The Bertz CT molecular complexity index is 509. The number of carbonyl (C=O) groups is 2. The second-order valence-corrected chi connectivity index (χ2v) is 4.09. The van der Waals surface area contributed by atoms with Gasteiger partial charge in [-0.2, -0.15) is 0 Å². The Labute approximate surface area is 111 Å². The number of aliphatic carboxylic acids is 2. The highest BCUT2D eigenvalue weighted by molar-refractivity contribution is 5.98. The molecule has 4 heteroatoms. The van der Waals surface area contributed by atoms with Gasteiger partial charge in [-0.3, -0.25) is 9.59 Å². The molecule has 0 spiro atoms. The third-order valence-electron chi connectivity index (χ3n) is 2.80. The SMILES string of the molecule is C#CCC(C/C=C/c1ccccc1)(C(=O)O)C(=O)O. The summed E-state index contributed by atoms with van der Waals surface area (Å²) in [5.74, 6) is -0.717. The lowest BCUT2D eigenvalue weighted by Crippen LogP contribution is -2.38. The zero-order valence-electron chi connectivity index (χ0n) is 10.2. The summed E-state index contributed by atoms with van der Waals surface area (Å²) in [6.45, 7) is 0. The van der Waals surface area contributed by atoms with Crippen molar-refractivity contribution in [2.75, 3.05) is 0 Å². The highest BCUT2D eigenvalue weighted by Gasteiger charge is 2.44. The lowest BCUT2D eigenvalue weighted by molar-refractivity contribution is -0.164. The first-order chi connectivity index (χ1) is 9.03. The predicted molar refractivity (Wildman–Crippen MR) is 71.2 cm³/mol. The Morgan fingerprint density at radius 3 is 2.26 bits per heavy atom. The number of benzene rings is 1. The summed E-state index contributed by atoms with van der Waals surface area (Å²) in [4.78, 5) is 22.4. The largest absolute Gasteiger partial charge is 0.480 e. The van der Waals surface area contributed by atoms with Crippen molar-refractivity contribution >= 4 is 18.0 Å². The summed E-state index contributed by atoms with van der Waals surface area (Å²) in [6, 6.07) is 9.20. The van der Waals surface area contributed by atoms with E-state index in [4.69, 9.17) is 16.6 Å². The van der Waals surface area contributed by atoms with Gasteiger partial charge in [-0.1, -0.05) is 42.5 Å². The topological polar surface area (TPSA) is 74.6 Å². The van der Waals surface area contributed by atoms with Gasteiger partial charge >= 0.3 is 11.9 Å². The second kappa shape index (κ2) is 6.41. The first-order valence-electron chi connectivity index (χ1n) is 5.65. The number of allylic oxidation sites excluding steroid dienone is 1. The summed E-state index contributed by atoms with van der Waals surface area (Å²) in [5, 5.41) is 18.2. The van der Waals surface area contributed by atoms with Gasteiger partial charge in [0.15, 0.2) is 5.41 Å². The summed E-state index contributed by atoms with van der Waals surface area (Å²) in [5.41, 5.74) is -1.09. The van der Waals surface area contributed by atoms with Crippen molar-refractivity contribution in [1.82, 2.24) is 0 Å². The van der Waals surface area contributed by atoms with Crippen LogP contribution in [0.15, 0.2) is 36.4 Å². The van der Waals surface area contributed by atoms with Crippen LogP contribution in [-0.2, 0) is 9.59 Å². The molecule has 19 heavy (non-hydrogen) atoms. The number of hydrogen-bond donors (Lipinski definition) is 2. The van der Waals surface area contributed by atoms with E-state index in [1.54, 1.807) is 6.08 Å². The molecular formula is C15H14O4. The highest BCUT2D eigenvalue weighted by atomic mass is 16.4. The molecule has 0 atom stereocenters. The third kappa shape index (κ3) is 3.46. The summed E-state index contributed by atoms with van der Waals surface area (Å²) in [6.07, 6.45) is 7.77. The Morgan fingerprint density at radius 2 is 1.79 bits per heavy atom. The van der Waals surface area contributed by atoms with E-state index in [0.717, 1.165) is 5.56 Å². The van der Waals surface area contributed by atoms with Gasteiger partial charge in [0.2, 0.25) is 0 Å². The molecule has 0 amide bonds. The molecule has 4 nitrogen and oxygen atoms in total. The van der Waals surface area contributed by atoms with E-state index in [-0.39, 0.29) is 12.8 Å². The molecule has 0 saturated heterocycles. The zero-order chi connectivity index (χ0) is 14.3. The van der Waals surface area contributed by atoms with E-state index < -0.39 is 17.4 Å². The summed E-state index contributed by atoms with van der Waals surface area (Å²) >= 11 is 0. The van der Waals surface area contributed by atoms with Crippen molar-refractivity contribution in [3.8, 4) is 12.3 Å². The van der Waals surface area contributed by atoms with Gasteiger partial charge in [0, 0.05) is 6.42 Å². The molecule has 0 radical (unpaired) electrons. The van der Waals surface area contributed by atoms with Gasteiger partial charge < -0.3 is 10.2 Å². The molecule has 0 saturated carbocycles. The maximum Gasteiger partial charge on any atom is 0.322 e. The fourth-order valence-electron chi connectivity index (χ4n) is 1.62. The van der Waals surface area contributed by atoms with Crippen molar-refractivity contribution in [2.24, 2.45) is 5.41 Å². The molecule has 1 aromatic rings. The molecule has 0 fully saturated rings. The van der Waals surface area contributed by atoms with Crippen LogP contribution in [0.3, 0.4) is 0 Å². The molecule has 0 aromatic heterocycles. The van der Waals surface area contributed by atoms with E-state index >= 15 is 0 Å². The van der Waals surface area contributed by atoms with Crippen LogP contribution in [-0.4, -0.2) is 22.2 Å². The molecule has 1 rings (SSSR count). The molecule has 0 aliphatic heterocycles. The van der Waals surface area contributed by atoms with Crippen LogP contribution < -0.4 is 0 Å². The van der Waals surface area contributed by atoms with Gasteiger partial charge in [-0.05, 0) is 12.0 Å². The minimum atomic E-state index is -1.96. The highest BCUT2D eigenvalue weighted by Crippen LogP contribution is 2.28. The van der Waals surface area contributed by atoms with Gasteiger partial charge in [0.1, 0.15) is 0 Å². The van der Waals surface area contributed by atoms with Crippen LogP contribution in [0.25, 0.3) is 6.08 Å². The van der Waals surface area contributed by atoms with Crippen molar-refractivity contribution < 1.29 is 19.8 Å². The maximum absolute atomic E-state index is 11.2. The number of terminal acetylenes is 1. The van der Waals surface area contributed by atoms with Crippen molar-refractivity contribution in [1.29, 1.82) is 0 Å². The van der Waals surface area contributed by atoms with E-state index in [0.29, 0.717) is 0 Å². The molecule has 98 valence electrons. The minimum absolute atomic E-state index is 0.156. The lowest BCUT2D eigenvalue weighted by atomic mass is 9.81. The Hall–Kier alpha value is -2.54. The van der Waals surface area contributed by atoms with Crippen molar-refractivity contribution in [2.45, 2.75) is 12.8 Å². The van der Waals surface area contributed by atoms with E-state index in [1.807, 2.05) is 30.3 Å². The van der Waals surface area contributed by atoms with Gasteiger partial charge in [-0.15, -0.1) is 12.3 Å². The molecule has 1 aromatic carbocycles. The number of carboxylic acid groups (broad SMARTS) is 2. The molecule has 0 bridgehead atoms. The average molecular weight is 258 g/mol. The molecule has 0 heterocycles. The maximum atomic E-state index is 11.2. The van der Waals surface area contributed by atoms with Gasteiger partial charge in [0.05, 0.1) is 0 Å². The number of hydrogen-bond acceptors (Lipinski definition) is 2. The zero-order valence-corrected chi connectivity index (χ0v) is 10.2. The van der Waals surface area contributed by atoms with Crippen molar-refractivity contribution in [3.63, 3.8) is 0 Å². The van der Waals surface area contributed by atoms with Gasteiger partial charge in [-0.25, -0.2) is 0 Å². The Morgan fingerprint density at radius 1 is 1.21 bits per heavy atom. The number of carboxylic acids is 2. The molecular weight excluding hydrogens is 244 g/mol. The fraction of sp³-hybridized carbons (Fsp3) is 0.200.